The molecule has 13 heavy (non-hydrogen) atoms. The second kappa shape index (κ2) is 2.72. The van der Waals surface area contributed by atoms with Crippen molar-refractivity contribution in [1.29, 1.82) is 0 Å². The van der Waals surface area contributed by atoms with E-state index in [2.05, 4.69) is 5.32 Å². The molecule has 4 nitrogen and oxygen atoms in total. The number of carbonyl (C=O) groups is 2. The van der Waals surface area contributed by atoms with Crippen LogP contribution in [0.25, 0.3) is 0 Å². The summed E-state index contributed by atoms with van der Waals surface area (Å²) in [7, 11) is 0. The van der Waals surface area contributed by atoms with E-state index in [1.54, 1.807) is 0 Å². The summed E-state index contributed by atoms with van der Waals surface area (Å²) in [5, 5.41) is 11.5. The van der Waals surface area contributed by atoms with E-state index in [0.717, 1.165) is 6.42 Å². The van der Waals surface area contributed by atoms with E-state index in [9.17, 15) is 9.59 Å². The first-order chi connectivity index (χ1) is 5.88. The number of hydrogen-bond donors (Lipinski definition) is 2. The van der Waals surface area contributed by atoms with Gasteiger partial charge in [-0.15, -0.1) is 0 Å². The van der Waals surface area contributed by atoms with Crippen LogP contribution in [-0.2, 0) is 9.59 Å². The molecule has 0 aromatic heterocycles. The van der Waals surface area contributed by atoms with Crippen molar-refractivity contribution in [3.05, 3.63) is 0 Å². The molecule has 0 unspecified atom stereocenters. The number of carbonyl (C=O) groups excluding carboxylic acids is 1. The molecule has 0 aromatic carbocycles. The fraction of sp³-hybridized carbons (Fsp3) is 0.778. The predicted molar refractivity (Wildman–Crippen MR) is 47.2 cm³/mol. The summed E-state index contributed by atoms with van der Waals surface area (Å²) in [4.78, 5) is 21.8. The zero-order valence-electron chi connectivity index (χ0n) is 8.18. The molecular formula is C9H15NO3. The Labute approximate surface area is 77.3 Å². The first-order valence-electron chi connectivity index (χ1n) is 4.40. The van der Waals surface area contributed by atoms with E-state index in [-0.39, 0.29) is 11.3 Å². The van der Waals surface area contributed by atoms with Gasteiger partial charge in [0.15, 0.2) is 0 Å². The van der Waals surface area contributed by atoms with Crippen molar-refractivity contribution >= 4 is 11.9 Å². The molecule has 0 aromatic rings. The molecule has 1 aliphatic rings. The van der Waals surface area contributed by atoms with E-state index in [1.807, 2.05) is 13.8 Å². The molecule has 1 fully saturated rings. The number of carboxylic acid groups (broad SMARTS) is 1. The van der Waals surface area contributed by atoms with Crippen molar-refractivity contribution in [3.63, 3.8) is 0 Å². The van der Waals surface area contributed by atoms with Gasteiger partial charge in [-0.1, -0.05) is 13.8 Å². The summed E-state index contributed by atoms with van der Waals surface area (Å²) in [6.45, 7) is 5.17. The van der Waals surface area contributed by atoms with Gasteiger partial charge in [0.25, 0.3) is 0 Å². The Morgan fingerprint density at radius 3 is 2.31 bits per heavy atom. The second-order valence-corrected chi connectivity index (χ2v) is 3.98. The first-order valence-corrected chi connectivity index (χ1v) is 4.40. The molecule has 0 radical (unpaired) electrons. The molecule has 0 aliphatic heterocycles. The van der Waals surface area contributed by atoms with Gasteiger partial charge in [0, 0.05) is 12.3 Å². The molecule has 0 saturated heterocycles. The fourth-order valence-corrected chi connectivity index (χ4v) is 1.85. The highest BCUT2D eigenvalue weighted by atomic mass is 16.4. The zero-order valence-corrected chi connectivity index (χ0v) is 8.18. The summed E-state index contributed by atoms with van der Waals surface area (Å²) in [6.07, 6.45) is 1.30. The number of hydrogen-bond acceptors (Lipinski definition) is 2. The Hall–Kier alpha value is -1.06. The molecule has 74 valence electrons. The maximum atomic E-state index is 11.0. The summed E-state index contributed by atoms with van der Waals surface area (Å²) in [5.74, 6) is -1.20. The number of carboxylic acids is 1. The summed E-state index contributed by atoms with van der Waals surface area (Å²) >= 11 is 0. The van der Waals surface area contributed by atoms with Gasteiger partial charge in [-0.05, 0) is 12.8 Å². The van der Waals surface area contributed by atoms with Crippen molar-refractivity contribution in [1.82, 2.24) is 5.32 Å². The van der Waals surface area contributed by atoms with Crippen LogP contribution in [-0.4, -0.2) is 22.5 Å². The molecule has 2 atom stereocenters. The molecule has 4 heteroatoms. The van der Waals surface area contributed by atoms with Crippen LogP contribution in [0.5, 0.6) is 0 Å². The van der Waals surface area contributed by atoms with Crippen LogP contribution in [0.15, 0.2) is 0 Å². The summed E-state index contributed by atoms with van der Waals surface area (Å²) in [5.41, 5.74) is -1.28. The number of aliphatic carboxylic acids is 1. The minimum absolute atomic E-state index is 0.273. The van der Waals surface area contributed by atoms with Crippen LogP contribution in [0.4, 0.5) is 0 Å². The minimum atomic E-state index is -1.01. The van der Waals surface area contributed by atoms with Crippen molar-refractivity contribution < 1.29 is 14.7 Å². The van der Waals surface area contributed by atoms with Crippen LogP contribution in [0, 0.1) is 5.41 Å². The van der Waals surface area contributed by atoms with Gasteiger partial charge in [-0.3, -0.25) is 4.79 Å². The molecule has 1 aliphatic carbocycles. The van der Waals surface area contributed by atoms with Crippen LogP contribution in [0.1, 0.15) is 33.6 Å². The van der Waals surface area contributed by atoms with Gasteiger partial charge in [-0.25, -0.2) is 4.79 Å². The standard InChI is InChI=1S/C9H15NO3/c1-4-8(3)5-9(8,7(12)13)10-6(2)11/h4-5H2,1-3H3,(H,10,11)(H,12,13)/t8-,9-/m0/s1. The largest absolute Gasteiger partial charge is 0.479 e. The average Bonchev–Trinajstić information content (AvgIpc) is 2.58. The smallest absolute Gasteiger partial charge is 0.330 e. The normalized spacial score (nSPS) is 36.8. The lowest BCUT2D eigenvalue weighted by atomic mass is 9.99. The van der Waals surface area contributed by atoms with Gasteiger partial charge in [0.1, 0.15) is 5.54 Å². The van der Waals surface area contributed by atoms with Gasteiger partial charge >= 0.3 is 5.97 Å². The number of rotatable bonds is 3. The average molecular weight is 185 g/mol. The van der Waals surface area contributed by atoms with Crippen molar-refractivity contribution in [2.45, 2.75) is 39.2 Å². The Bertz CT molecular complexity index is 264. The molecule has 0 bridgehead atoms. The number of nitrogens with one attached hydrogen (secondary N) is 1. The lowest BCUT2D eigenvalue weighted by Gasteiger charge is -2.18. The highest BCUT2D eigenvalue weighted by molar-refractivity contribution is 5.90. The minimum Gasteiger partial charge on any atom is -0.479 e. The van der Waals surface area contributed by atoms with Crippen molar-refractivity contribution in [3.8, 4) is 0 Å². The van der Waals surface area contributed by atoms with E-state index >= 15 is 0 Å². The van der Waals surface area contributed by atoms with Gasteiger partial charge < -0.3 is 10.4 Å². The van der Waals surface area contributed by atoms with Crippen molar-refractivity contribution in [2.75, 3.05) is 0 Å². The molecule has 2 N–H and O–H groups in total. The van der Waals surface area contributed by atoms with Crippen LogP contribution in [0.3, 0.4) is 0 Å². The van der Waals surface area contributed by atoms with E-state index < -0.39 is 11.5 Å². The Kier molecular flexibility index (Phi) is 2.10. The van der Waals surface area contributed by atoms with Gasteiger partial charge in [0.05, 0.1) is 0 Å². The maximum Gasteiger partial charge on any atom is 0.330 e. The molecule has 0 heterocycles. The third kappa shape index (κ3) is 1.30. The molecule has 1 amide bonds. The van der Waals surface area contributed by atoms with E-state index in [4.69, 9.17) is 5.11 Å². The number of amides is 1. The monoisotopic (exact) mass is 185 g/mol. The Morgan fingerprint density at radius 2 is 2.08 bits per heavy atom. The van der Waals surface area contributed by atoms with E-state index in [0.29, 0.717) is 6.42 Å². The SMILES string of the molecule is CC[C@@]1(C)C[C@]1(NC(C)=O)C(=O)O. The summed E-state index contributed by atoms with van der Waals surface area (Å²) < 4.78 is 0. The lowest BCUT2D eigenvalue weighted by molar-refractivity contribution is -0.144. The zero-order chi connectivity index (χ0) is 10.3. The second-order valence-electron chi connectivity index (χ2n) is 3.98. The van der Waals surface area contributed by atoms with E-state index in [1.165, 1.54) is 6.92 Å². The molecule has 1 rings (SSSR count). The topological polar surface area (TPSA) is 66.4 Å². The molecular weight excluding hydrogens is 170 g/mol. The van der Waals surface area contributed by atoms with Gasteiger partial charge in [-0.2, -0.15) is 0 Å². The first kappa shape index (κ1) is 10.0. The van der Waals surface area contributed by atoms with Crippen molar-refractivity contribution in [2.24, 2.45) is 5.41 Å². The van der Waals surface area contributed by atoms with Crippen LogP contribution < -0.4 is 5.32 Å². The van der Waals surface area contributed by atoms with Crippen LogP contribution in [0.2, 0.25) is 0 Å². The quantitative estimate of drug-likeness (QED) is 0.682. The Morgan fingerprint density at radius 1 is 1.54 bits per heavy atom. The Balaban J connectivity index is 2.83. The molecule has 1 saturated carbocycles. The highest BCUT2D eigenvalue weighted by Crippen LogP contribution is 2.58. The maximum absolute atomic E-state index is 11.0. The van der Waals surface area contributed by atoms with Crippen LogP contribution >= 0.6 is 0 Å². The third-order valence-electron chi connectivity index (χ3n) is 3.10. The third-order valence-corrected chi connectivity index (χ3v) is 3.10. The predicted octanol–water partition coefficient (Wildman–Crippen LogP) is 0.766. The highest BCUT2D eigenvalue weighted by Gasteiger charge is 2.69. The summed E-state index contributed by atoms with van der Waals surface area (Å²) in [6, 6.07) is 0. The van der Waals surface area contributed by atoms with Gasteiger partial charge in [0.2, 0.25) is 5.91 Å². The lowest BCUT2D eigenvalue weighted by Crippen LogP contribution is -2.46. The fourth-order valence-electron chi connectivity index (χ4n) is 1.85. The molecule has 0 spiro atoms.